The maximum Gasteiger partial charge on any atom is 0.359 e. The lowest BCUT2D eigenvalue weighted by atomic mass is 10.2. The molecule has 0 aliphatic heterocycles. The normalized spacial score (nSPS) is 10.4. The lowest BCUT2D eigenvalue weighted by Gasteiger charge is -2.07. The molecule has 27 heavy (non-hydrogen) atoms. The van der Waals surface area contributed by atoms with Crippen LogP contribution >= 0.6 is 0 Å². The van der Waals surface area contributed by atoms with Gasteiger partial charge in [0, 0.05) is 12.1 Å². The molecule has 0 radical (unpaired) electrons. The number of amides is 1. The molecule has 2 heterocycles. The number of anilines is 1. The van der Waals surface area contributed by atoms with Gasteiger partial charge in [-0.25, -0.2) is 9.48 Å². The molecule has 1 N–H and O–H groups in total. The van der Waals surface area contributed by atoms with Gasteiger partial charge in [-0.2, -0.15) is 5.10 Å². The Morgan fingerprint density at radius 1 is 1.19 bits per heavy atom. The van der Waals surface area contributed by atoms with Crippen molar-refractivity contribution in [2.24, 2.45) is 0 Å². The number of aromatic nitrogens is 3. The van der Waals surface area contributed by atoms with Crippen LogP contribution in [0, 0.1) is 6.92 Å². The van der Waals surface area contributed by atoms with Gasteiger partial charge in [0.2, 0.25) is 0 Å². The highest BCUT2D eigenvalue weighted by atomic mass is 16.5. The van der Waals surface area contributed by atoms with Gasteiger partial charge in [-0.05, 0) is 18.6 Å². The molecule has 0 aliphatic carbocycles. The molecule has 2 aromatic heterocycles. The van der Waals surface area contributed by atoms with Crippen molar-refractivity contribution < 1.29 is 18.8 Å². The standard InChI is InChI=1S/C18H16N4O5/c1-12-9-15(21-27-12)19-16(23)11-26-18(25)14-7-8-17(24)22(20-14)10-13-5-3-2-4-6-13/h2-9H,10-11H2,1H3,(H,19,21,23). The molecule has 0 saturated heterocycles. The number of hydrogen-bond donors (Lipinski definition) is 1. The molecule has 9 nitrogen and oxygen atoms in total. The van der Waals surface area contributed by atoms with Gasteiger partial charge in [0.25, 0.3) is 11.5 Å². The Bertz CT molecular complexity index is 1010. The van der Waals surface area contributed by atoms with Gasteiger partial charge in [0.1, 0.15) is 5.76 Å². The summed E-state index contributed by atoms with van der Waals surface area (Å²) in [5.41, 5.74) is 0.435. The van der Waals surface area contributed by atoms with Gasteiger partial charge in [0.15, 0.2) is 18.1 Å². The second kappa shape index (κ2) is 8.09. The van der Waals surface area contributed by atoms with Crippen molar-refractivity contribution in [3.8, 4) is 0 Å². The number of hydrogen-bond acceptors (Lipinski definition) is 7. The van der Waals surface area contributed by atoms with Crippen LogP contribution in [-0.4, -0.2) is 33.4 Å². The first-order valence-electron chi connectivity index (χ1n) is 8.03. The molecule has 138 valence electrons. The molecule has 0 atom stereocenters. The summed E-state index contributed by atoms with van der Waals surface area (Å²) >= 11 is 0. The van der Waals surface area contributed by atoms with E-state index in [4.69, 9.17) is 9.26 Å². The quantitative estimate of drug-likeness (QED) is 0.653. The maximum atomic E-state index is 12.1. The molecule has 3 rings (SSSR count). The SMILES string of the molecule is Cc1cc(NC(=O)COC(=O)c2ccc(=O)n(Cc3ccccc3)n2)no1. The summed E-state index contributed by atoms with van der Waals surface area (Å²) < 4.78 is 10.9. The molecule has 0 saturated carbocycles. The summed E-state index contributed by atoms with van der Waals surface area (Å²) in [5.74, 6) is -0.632. The number of aryl methyl sites for hydroxylation is 1. The monoisotopic (exact) mass is 368 g/mol. The van der Waals surface area contributed by atoms with Crippen molar-refractivity contribution in [3.63, 3.8) is 0 Å². The van der Waals surface area contributed by atoms with E-state index >= 15 is 0 Å². The Kier molecular flexibility index (Phi) is 5.41. The number of rotatable bonds is 6. The van der Waals surface area contributed by atoms with Gasteiger partial charge in [-0.15, -0.1) is 0 Å². The van der Waals surface area contributed by atoms with Crippen LogP contribution in [0.25, 0.3) is 0 Å². The first-order chi connectivity index (χ1) is 13.0. The van der Waals surface area contributed by atoms with Crippen molar-refractivity contribution in [2.45, 2.75) is 13.5 Å². The maximum absolute atomic E-state index is 12.1. The van der Waals surface area contributed by atoms with E-state index in [1.165, 1.54) is 18.2 Å². The van der Waals surface area contributed by atoms with E-state index in [1.807, 2.05) is 30.3 Å². The highest BCUT2D eigenvalue weighted by Gasteiger charge is 2.14. The van der Waals surface area contributed by atoms with Crippen LogP contribution in [0.4, 0.5) is 5.82 Å². The Morgan fingerprint density at radius 3 is 2.67 bits per heavy atom. The van der Waals surface area contributed by atoms with Gasteiger partial charge in [0.05, 0.1) is 6.54 Å². The van der Waals surface area contributed by atoms with Crippen LogP contribution < -0.4 is 10.9 Å². The van der Waals surface area contributed by atoms with Crippen molar-refractivity contribution in [1.82, 2.24) is 14.9 Å². The number of ether oxygens (including phenoxy) is 1. The minimum Gasteiger partial charge on any atom is -0.451 e. The molecular formula is C18H16N4O5. The van der Waals surface area contributed by atoms with Crippen molar-refractivity contribution in [2.75, 3.05) is 11.9 Å². The zero-order chi connectivity index (χ0) is 19.2. The fourth-order valence-corrected chi connectivity index (χ4v) is 2.24. The lowest BCUT2D eigenvalue weighted by Crippen LogP contribution is -2.26. The fourth-order valence-electron chi connectivity index (χ4n) is 2.24. The number of benzene rings is 1. The molecule has 0 spiro atoms. The minimum absolute atomic E-state index is 0.0735. The first kappa shape index (κ1) is 18.1. The van der Waals surface area contributed by atoms with Crippen LogP contribution in [0.2, 0.25) is 0 Å². The largest absolute Gasteiger partial charge is 0.451 e. The lowest BCUT2D eigenvalue weighted by molar-refractivity contribution is -0.119. The predicted molar refractivity (Wildman–Crippen MR) is 94.2 cm³/mol. The van der Waals surface area contributed by atoms with Gasteiger partial charge >= 0.3 is 5.97 Å². The second-order valence-electron chi connectivity index (χ2n) is 5.65. The van der Waals surface area contributed by atoms with E-state index in [0.717, 1.165) is 10.2 Å². The predicted octanol–water partition coefficient (Wildman–Crippen LogP) is 1.38. The molecular weight excluding hydrogens is 352 g/mol. The van der Waals surface area contributed by atoms with Crippen molar-refractivity contribution >= 4 is 17.7 Å². The third-order valence-corrected chi connectivity index (χ3v) is 3.48. The number of carbonyl (C=O) groups is 2. The van der Waals surface area contributed by atoms with E-state index in [2.05, 4.69) is 15.6 Å². The van der Waals surface area contributed by atoms with Crippen LogP contribution in [0.5, 0.6) is 0 Å². The van der Waals surface area contributed by atoms with Crippen LogP contribution in [0.1, 0.15) is 21.8 Å². The number of nitrogens with zero attached hydrogens (tertiary/aromatic N) is 3. The van der Waals surface area contributed by atoms with E-state index in [9.17, 15) is 14.4 Å². The molecule has 1 aromatic carbocycles. The highest BCUT2D eigenvalue weighted by molar-refractivity contribution is 5.94. The van der Waals surface area contributed by atoms with Crippen molar-refractivity contribution in [3.05, 3.63) is 75.9 Å². The minimum atomic E-state index is -0.816. The van der Waals surface area contributed by atoms with Crippen LogP contribution in [0.3, 0.4) is 0 Å². The molecule has 3 aromatic rings. The smallest absolute Gasteiger partial charge is 0.359 e. The Morgan fingerprint density at radius 2 is 1.96 bits per heavy atom. The van der Waals surface area contributed by atoms with E-state index < -0.39 is 18.5 Å². The zero-order valence-corrected chi connectivity index (χ0v) is 14.4. The highest BCUT2D eigenvalue weighted by Crippen LogP contribution is 2.07. The summed E-state index contributed by atoms with van der Waals surface area (Å²) in [7, 11) is 0. The molecule has 0 aliphatic rings. The molecule has 0 bridgehead atoms. The topological polar surface area (TPSA) is 116 Å². The fraction of sp³-hybridized carbons (Fsp3) is 0.167. The number of carbonyl (C=O) groups excluding carboxylic acids is 2. The Hall–Kier alpha value is -3.75. The Labute approximate surface area is 153 Å². The zero-order valence-electron chi connectivity index (χ0n) is 14.4. The first-order valence-corrected chi connectivity index (χ1v) is 8.03. The van der Waals surface area contributed by atoms with E-state index in [0.29, 0.717) is 5.76 Å². The molecule has 9 heteroatoms. The van der Waals surface area contributed by atoms with Gasteiger partial charge in [-0.3, -0.25) is 9.59 Å². The summed E-state index contributed by atoms with van der Waals surface area (Å²) in [6.45, 7) is 1.37. The third-order valence-electron chi connectivity index (χ3n) is 3.48. The molecule has 1 amide bonds. The third kappa shape index (κ3) is 4.88. The molecule has 0 unspecified atom stereocenters. The second-order valence-corrected chi connectivity index (χ2v) is 5.65. The summed E-state index contributed by atoms with van der Waals surface area (Å²) in [6.07, 6.45) is 0. The average Bonchev–Trinajstić information content (AvgIpc) is 3.07. The summed E-state index contributed by atoms with van der Waals surface area (Å²) in [6, 6.07) is 13.2. The number of nitrogens with one attached hydrogen (secondary N) is 1. The Balaban J connectivity index is 1.62. The van der Waals surface area contributed by atoms with Gasteiger partial charge in [-0.1, -0.05) is 35.5 Å². The van der Waals surface area contributed by atoms with E-state index in [-0.39, 0.29) is 23.6 Å². The van der Waals surface area contributed by atoms with Crippen molar-refractivity contribution in [1.29, 1.82) is 0 Å². The van der Waals surface area contributed by atoms with Crippen LogP contribution in [0.15, 0.2) is 57.8 Å². The summed E-state index contributed by atoms with van der Waals surface area (Å²) in [5, 5.41) is 10.0. The van der Waals surface area contributed by atoms with E-state index in [1.54, 1.807) is 6.92 Å². The average molecular weight is 368 g/mol. The van der Waals surface area contributed by atoms with Crippen LogP contribution in [-0.2, 0) is 16.1 Å². The molecule has 0 fully saturated rings. The van der Waals surface area contributed by atoms with Gasteiger partial charge < -0.3 is 14.6 Å². The summed E-state index contributed by atoms with van der Waals surface area (Å²) in [4.78, 5) is 35.8. The number of esters is 1.